The molecular weight excluding hydrogens is 257 g/mol. The Hall–Kier alpha value is -1.42. The quantitative estimate of drug-likeness (QED) is 0.685. The Morgan fingerprint density at radius 2 is 2.00 bits per heavy atom. The Morgan fingerprint density at radius 3 is 2.45 bits per heavy atom. The van der Waals surface area contributed by atoms with Crippen LogP contribution in [0.15, 0.2) is 18.2 Å². The van der Waals surface area contributed by atoms with E-state index in [4.69, 9.17) is 4.74 Å². The van der Waals surface area contributed by atoms with E-state index in [1.54, 1.807) is 6.07 Å². The van der Waals surface area contributed by atoms with Gasteiger partial charge in [-0.2, -0.15) is 0 Å². The van der Waals surface area contributed by atoms with Crippen molar-refractivity contribution in [3.63, 3.8) is 0 Å². The highest BCUT2D eigenvalue weighted by molar-refractivity contribution is 5.59. The Balaban J connectivity index is 2.73. The minimum Gasteiger partial charge on any atom is -0.494 e. The topological polar surface area (TPSA) is 29.5 Å². The van der Waals surface area contributed by atoms with E-state index in [1.165, 1.54) is 13.2 Å². The van der Waals surface area contributed by atoms with E-state index in [1.807, 2.05) is 27.0 Å². The molecule has 0 aliphatic rings. The molecule has 0 aliphatic carbocycles. The van der Waals surface area contributed by atoms with Crippen molar-refractivity contribution in [2.75, 3.05) is 20.7 Å². The number of ether oxygens (including phenoxy) is 1. The van der Waals surface area contributed by atoms with Gasteiger partial charge in [0.2, 0.25) is 0 Å². The van der Waals surface area contributed by atoms with Gasteiger partial charge in [0.15, 0.2) is 11.6 Å². The number of methoxy groups -OCH3 is 1. The summed E-state index contributed by atoms with van der Waals surface area (Å²) in [4.78, 5) is 13.4. The van der Waals surface area contributed by atoms with Crippen molar-refractivity contribution in [2.24, 2.45) is 5.41 Å². The molecule has 112 valence electrons. The number of aldehydes is 1. The lowest BCUT2D eigenvalue weighted by molar-refractivity contribution is -0.117. The van der Waals surface area contributed by atoms with Gasteiger partial charge in [-0.3, -0.25) is 0 Å². The van der Waals surface area contributed by atoms with Crippen LogP contribution >= 0.6 is 0 Å². The first-order chi connectivity index (χ1) is 9.50. The third-order valence-electron chi connectivity index (χ3n) is 3.91. The first-order valence-electron chi connectivity index (χ1n) is 6.97. The van der Waals surface area contributed by atoms with E-state index in [0.717, 1.165) is 24.7 Å². The summed E-state index contributed by atoms with van der Waals surface area (Å²) < 4.78 is 18.5. The van der Waals surface area contributed by atoms with Crippen molar-refractivity contribution >= 4 is 6.29 Å². The van der Waals surface area contributed by atoms with Gasteiger partial charge in [-0.25, -0.2) is 4.39 Å². The van der Waals surface area contributed by atoms with Crippen LogP contribution in [0.25, 0.3) is 0 Å². The molecule has 0 fully saturated rings. The second kappa shape index (κ2) is 7.39. The van der Waals surface area contributed by atoms with E-state index in [2.05, 4.69) is 4.90 Å². The molecule has 0 atom stereocenters. The van der Waals surface area contributed by atoms with E-state index in [9.17, 15) is 9.18 Å². The molecule has 1 aromatic carbocycles. The van der Waals surface area contributed by atoms with Gasteiger partial charge in [-0.15, -0.1) is 0 Å². The Morgan fingerprint density at radius 1 is 1.35 bits per heavy atom. The summed E-state index contributed by atoms with van der Waals surface area (Å²) in [7, 11) is 3.40. The number of carbonyl (C=O) groups excluding carboxylic acids is 1. The number of hydrogen-bond donors (Lipinski definition) is 0. The minimum atomic E-state index is -0.356. The molecule has 0 aliphatic heterocycles. The van der Waals surface area contributed by atoms with Gasteiger partial charge < -0.3 is 14.4 Å². The lowest BCUT2D eigenvalue weighted by Crippen LogP contribution is -2.35. The maximum absolute atomic E-state index is 13.6. The Bertz CT molecular complexity index is 444. The van der Waals surface area contributed by atoms with Crippen LogP contribution in [0.2, 0.25) is 0 Å². The predicted octanol–water partition coefficient (Wildman–Crippen LogP) is 3.27. The van der Waals surface area contributed by atoms with Gasteiger partial charge in [0.05, 0.1) is 7.11 Å². The number of carbonyl (C=O) groups is 1. The third-order valence-corrected chi connectivity index (χ3v) is 3.91. The minimum absolute atomic E-state index is 0.251. The average molecular weight is 281 g/mol. The van der Waals surface area contributed by atoms with Crippen LogP contribution in [0.1, 0.15) is 32.3 Å². The maximum Gasteiger partial charge on any atom is 0.165 e. The molecule has 0 spiro atoms. The standard InChI is InChI=1S/C16H24FNO2/c1-5-16(6-2,12-19)11-18(3)10-13-7-8-15(20-4)14(17)9-13/h7-9,12H,5-6,10-11H2,1-4H3. The Labute approximate surface area is 120 Å². The average Bonchev–Trinajstić information content (AvgIpc) is 2.45. The van der Waals surface area contributed by atoms with Crippen molar-refractivity contribution in [1.82, 2.24) is 4.90 Å². The fourth-order valence-electron chi connectivity index (χ4n) is 2.39. The van der Waals surface area contributed by atoms with Crippen molar-refractivity contribution in [3.05, 3.63) is 29.6 Å². The summed E-state index contributed by atoms with van der Waals surface area (Å²) in [6.07, 6.45) is 2.68. The summed E-state index contributed by atoms with van der Waals surface area (Å²) >= 11 is 0. The molecule has 0 radical (unpaired) electrons. The van der Waals surface area contributed by atoms with Crippen molar-refractivity contribution in [1.29, 1.82) is 0 Å². The molecule has 0 saturated heterocycles. The van der Waals surface area contributed by atoms with Gasteiger partial charge in [0.25, 0.3) is 0 Å². The van der Waals surface area contributed by atoms with Crippen LogP contribution in [-0.4, -0.2) is 31.9 Å². The molecule has 1 rings (SSSR count). The van der Waals surface area contributed by atoms with Gasteiger partial charge in [-0.1, -0.05) is 19.9 Å². The van der Waals surface area contributed by atoms with Crippen LogP contribution in [0, 0.1) is 11.2 Å². The van der Waals surface area contributed by atoms with Crippen LogP contribution < -0.4 is 4.74 Å². The largest absolute Gasteiger partial charge is 0.494 e. The normalized spacial score (nSPS) is 11.7. The summed E-state index contributed by atoms with van der Waals surface area (Å²) in [5, 5.41) is 0. The van der Waals surface area contributed by atoms with E-state index in [-0.39, 0.29) is 17.0 Å². The second-order valence-corrected chi connectivity index (χ2v) is 5.33. The highest BCUT2D eigenvalue weighted by Crippen LogP contribution is 2.25. The number of halogens is 1. The van der Waals surface area contributed by atoms with E-state index < -0.39 is 0 Å². The third kappa shape index (κ3) is 4.04. The van der Waals surface area contributed by atoms with Crippen molar-refractivity contribution in [3.8, 4) is 5.75 Å². The fraction of sp³-hybridized carbons (Fsp3) is 0.562. The molecule has 0 heterocycles. The molecule has 20 heavy (non-hydrogen) atoms. The van der Waals surface area contributed by atoms with Gasteiger partial charge >= 0.3 is 0 Å². The summed E-state index contributed by atoms with van der Waals surface area (Å²) in [5.74, 6) is -0.105. The van der Waals surface area contributed by atoms with Crippen LogP contribution in [0.5, 0.6) is 5.75 Å². The molecule has 0 amide bonds. The monoisotopic (exact) mass is 281 g/mol. The predicted molar refractivity (Wildman–Crippen MR) is 78.4 cm³/mol. The molecule has 3 nitrogen and oxygen atoms in total. The number of benzene rings is 1. The molecule has 0 bridgehead atoms. The molecular formula is C16H24FNO2. The highest BCUT2D eigenvalue weighted by Gasteiger charge is 2.27. The molecule has 0 unspecified atom stereocenters. The molecule has 0 N–H and O–H groups in total. The summed E-state index contributed by atoms with van der Waals surface area (Å²) in [6, 6.07) is 4.96. The number of hydrogen-bond acceptors (Lipinski definition) is 3. The number of nitrogens with zero attached hydrogens (tertiary/aromatic N) is 1. The van der Waals surface area contributed by atoms with Crippen LogP contribution in [0.4, 0.5) is 4.39 Å². The highest BCUT2D eigenvalue weighted by atomic mass is 19.1. The zero-order valence-corrected chi connectivity index (χ0v) is 12.8. The van der Waals surface area contributed by atoms with Gasteiger partial charge in [-0.05, 0) is 37.6 Å². The lowest BCUT2D eigenvalue weighted by Gasteiger charge is -2.30. The Kier molecular flexibility index (Phi) is 6.14. The summed E-state index contributed by atoms with van der Waals surface area (Å²) in [6.45, 7) is 5.34. The first kappa shape index (κ1) is 16.6. The SMILES string of the molecule is CCC(C=O)(CC)CN(C)Cc1ccc(OC)c(F)c1. The zero-order chi connectivity index (χ0) is 15.2. The summed E-state index contributed by atoms with van der Waals surface area (Å²) in [5.41, 5.74) is 0.567. The lowest BCUT2D eigenvalue weighted by atomic mass is 9.83. The fourth-order valence-corrected chi connectivity index (χ4v) is 2.39. The van der Waals surface area contributed by atoms with Crippen LogP contribution in [0.3, 0.4) is 0 Å². The first-order valence-corrected chi connectivity index (χ1v) is 6.97. The second-order valence-electron chi connectivity index (χ2n) is 5.33. The molecule has 4 heteroatoms. The van der Waals surface area contributed by atoms with E-state index in [0.29, 0.717) is 13.1 Å². The van der Waals surface area contributed by atoms with Gasteiger partial charge in [0.1, 0.15) is 6.29 Å². The van der Waals surface area contributed by atoms with Gasteiger partial charge in [0, 0.05) is 18.5 Å². The molecule has 1 aromatic rings. The smallest absolute Gasteiger partial charge is 0.165 e. The molecule has 0 aromatic heterocycles. The van der Waals surface area contributed by atoms with Crippen molar-refractivity contribution in [2.45, 2.75) is 33.2 Å². The number of rotatable bonds is 8. The van der Waals surface area contributed by atoms with Crippen LogP contribution in [-0.2, 0) is 11.3 Å². The zero-order valence-electron chi connectivity index (χ0n) is 12.8. The molecule has 0 saturated carbocycles. The van der Waals surface area contributed by atoms with E-state index >= 15 is 0 Å². The maximum atomic E-state index is 13.6. The van der Waals surface area contributed by atoms with Crippen molar-refractivity contribution < 1.29 is 13.9 Å².